The zero-order valence-corrected chi connectivity index (χ0v) is 14.6. The van der Waals surface area contributed by atoms with E-state index in [4.69, 9.17) is 27.9 Å². The summed E-state index contributed by atoms with van der Waals surface area (Å²) >= 11 is 11.8. The lowest BCUT2D eigenvalue weighted by atomic mass is 10.2. The van der Waals surface area contributed by atoms with Crippen molar-refractivity contribution < 1.29 is 9.53 Å². The predicted octanol–water partition coefficient (Wildman–Crippen LogP) is 4.74. The van der Waals surface area contributed by atoms with Gasteiger partial charge in [0, 0.05) is 16.6 Å². The molecule has 128 valence electrons. The molecule has 3 aromatic rings. The van der Waals surface area contributed by atoms with E-state index in [1.165, 1.54) is 0 Å². The number of carbonyl (C=O) groups is 1. The van der Waals surface area contributed by atoms with E-state index in [0.717, 1.165) is 10.9 Å². The second-order valence-corrected chi connectivity index (χ2v) is 6.03. The van der Waals surface area contributed by atoms with Gasteiger partial charge in [-0.2, -0.15) is 0 Å². The fourth-order valence-corrected chi connectivity index (χ4v) is 2.73. The number of benzene rings is 2. The summed E-state index contributed by atoms with van der Waals surface area (Å²) in [6, 6.07) is 14.1. The Bertz CT molecular complexity index is 897. The molecule has 0 aliphatic rings. The van der Waals surface area contributed by atoms with Gasteiger partial charge in [-0.3, -0.25) is 4.98 Å². The number of hydrogen-bond acceptors (Lipinski definition) is 3. The molecule has 0 fully saturated rings. The molecule has 0 aliphatic carbocycles. The molecule has 0 aliphatic heterocycles. The highest BCUT2D eigenvalue weighted by molar-refractivity contribution is 6.36. The Morgan fingerprint density at radius 2 is 1.96 bits per heavy atom. The Hall–Kier alpha value is -2.50. The highest BCUT2D eigenvalue weighted by Gasteiger charge is 2.06. The van der Waals surface area contributed by atoms with Crippen molar-refractivity contribution in [2.24, 2.45) is 0 Å². The first-order valence-electron chi connectivity index (χ1n) is 7.60. The minimum absolute atomic E-state index is 0.317. The first-order valence-corrected chi connectivity index (χ1v) is 8.35. The summed E-state index contributed by atoms with van der Waals surface area (Å²) in [6.45, 7) is 0.651. The van der Waals surface area contributed by atoms with Crippen LogP contribution in [-0.2, 0) is 0 Å². The van der Waals surface area contributed by atoms with E-state index in [2.05, 4.69) is 15.6 Å². The van der Waals surface area contributed by atoms with Gasteiger partial charge < -0.3 is 15.4 Å². The monoisotopic (exact) mass is 375 g/mol. The van der Waals surface area contributed by atoms with Crippen LogP contribution in [0.2, 0.25) is 10.0 Å². The van der Waals surface area contributed by atoms with Gasteiger partial charge in [0.2, 0.25) is 0 Å². The molecule has 5 nitrogen and oxygen atoms in total. The van der Waals surface area contributed by atoms with E-state index in [1.807, 2.05) is 30.3 Å². The van der Waals surface area contributed by atoms with Crippen molar-refractivity contribution in [1.82, 2.24) is 10.3 Å². The number of aromatic nitrogens is 1. The standard InChI is InChI=1S/C18H15Cl2N3O2/c19-13-6-7-15(14(20)11-13)23-18(24)22-9-10-25-16-5-1-3-12-4-2-8-21-17(12)16/h1-8,11H,9-10H2,(H2,22,23,24). The summed E-state index contributed by atoms with van der Waals surface area (Å²) in [6.07, 6.45) is 1.72. The Kier molecular flexibility index (Phi) is 5.58. The first-order chi connectivity index (χ1) is 12.1. The zero-order chi connectivity index (χ0) is 17.6. The number of rotatable bonds is 5. The number of nitrogens with one attached hydrogen (secondary N) is 2. The Morgan fingerprint density at radius 1 is 1.12 bits per heavy atom. The number of carbonyl (C=O) groups excluding carboxylic acids is 1. The summed E-state index contributed by atoms with van der Waals surface area (Å²) in [5, 5.41) is 7.25. The second-order valence-electron chi connectivity index (χ2n) is 5.18. The van der Waals surface area contributed by atoms with Crippen molar-refractivity contribution >= 4 is 45.8 Å². The molecule has 0 bridgehead atoms. The smallest absolute Gasteiger partial charge is 0.319 e. The van der Waals surface area contributed by atoms with Gasteiger partial charge in [-0.25, -0.2) is 4.79 Å². The maximum Gasteiger partial charge on any atom is 0.319 e. The van der Waals surface area contributed by atoms with Gasteiger partial charge in [-0.1, -0.05) is 41.4 Å². The average Bonchev–Trinajstić information content (AvgIpc) is 2.61. The van der Waals surface area contributed by atoms with E-state index in [1.54, 1.807) is 24.4 Å². The minimum Gasteiger partial charge on any atom is -0.489 e. The lowest BCUT2D eigenvalue weighted by molar-refractivity contribution is 0.247. The van der Waals surface area contributed by atoms with Gasteiger partial charge in [0.05, 0.1) is 17.3 Å². The average molecular weight is 376 g/mol. The number of ether oxygens (including phenoxy) is 1. The number of para-hydroxylation sites is 1. The molecule has 2 amide bonds. The van der Waals surface area contributed by atoms with Gasteiger partial charge in [-0.15, -0.1) is 0 Å². The van der Waals surface area contributed by atoms with E-state index < -0.39 is 0 Å². The van der Waals surface area contributed by atoms with Crippen LogP contribution in [0.4, 0.5) is 10.5 Å². The summed E-state index contributed by atoms with van der Waals surface area (Å²) < 4.78 is 5.71. The predicted molar refractivity (Wildman–Crippen MR) is 101 cm³/mol. The number of anilines is 1. The van der Waals surface area contributed by atoms with Crippen LogP contribution < -0.4 is 15.4 Å². The van der Waals surface area contributed by atoms with Gasteiger partial charge in [0.1, 0.15) is 17.9 Å². The molecule has 1 aromatic heterocycles. The van der Waals surface area contributed by atoms with Crippen LogP contribution in [0.5, 0.6) is 5.75 Å². The van der Waals surface area contributed by atoms with Gasteiger partial charge in [0.25, 0.3) is 0 Å². The lowest BCUT2D eigenvalue weighted by Gasteiger charge is -2.11. The van der Waals surface area contributed by atoms with Gasteiger partial charge in [-0.05, 0) is 30.3 Å². The molecule has 0 radical (unpaired) electrons. The molecule has 0 unspecified atom stereocenters. The molecule has 0 saturated heterocycles. The summed E-state index contributed by atoms with van der Waals surface area (Å²) in [7, 11) is 0. The van der Waals surface area contributed by atoms with E-state index in [-0.39, 0.29) is 6.03 Å². The maximum atomic E-state index is 11.9. The molecule has 3 rings (SSSR count). The number of urea groups is 1. The van der Waals surface area contributed by atoms with E-state index in [9.17, 15) is 4.79 Å². The molecule has 2 N–H and O–H groups in total. The molecular weight excluding hydrogens is 361 g/mol. The van der Waals surface area contributed by atoms with Crippen molar-refractivity contribution in [3.63, 3.8) is 0 Å². The number of amides is 2. The number of halogens is 2. The Balaban J connectivity index is 1.50. The number of hydrogen-bond donors (Lipinski definition) is 2. The Labute approximate surface area is 154 Å². The fourth-order valence-electron chi connectivity index (χ4n) is 2.28. The normalized spacial score (nSPS) is 10.5. The van der Waals surface area contributed by atoms with Crippen LogP contribution in [0.3, 0.4) is 0 Å². The first kappa shape index (κ1) is 17.3. The third-order valence-electron chi connectivity index (χ3n) is 3.42. The minimum atomic E-state index is -0.371. The fraction of sp³-hybridized carbons (Fsp3) is 0.111. The molecule has 0 saturated carbocycles. The third kappa shape index (κ3) is 4.53. The number of nitrogens with zero attached hydrogens (tertiary/aromatic N) is 1. The van der Waals surface area contributed by atoms with Crippen LogP contribution in [0.1, 0.15) is 0 Å². The van der Waals surface area contributed by atoms with Crippen LogP contribution in [-0.4, -0.2) is 24.2 Å². The summed E-state index contributed by atoms with van der Waals surface area (Å²) in [5.41, 5.74) is 1.28. The van der Waals surface area contributed by atoms with Crippen molar-refractivity contribution in [2.45, 2.75) is 0 Å². The SMILES string of the molecule is O=C(NCCOc1cccc2cccnc12)Nc1ccc(Cl)cc1Cl. The topological polar surface area (TPSA) is 63.2 Å². The number of pyridine rings is 1. The van der Waals surface area contributed by atoms with Crippen molar-refractivity contribution in [2.75, 3.05) is 18.5 Å². The van der Waals surface area contributed by atoms with E-state index in [0.29, 0.717) is 34.6 Å². The Morgan fingerprint density at radius 3 is 2.80 bits per heavy atom. The summed E-state index contributed by atoms with van der Waals surface area (Å²) in [4.78, 5) is 16.2. The number of fused-ring (bicyclic) bond motifs is 1. The lowest BCUT2D eigenvalue weighted by Crippen LogP contribution is -2.32. The van der Waals surface area contributed by atoms with Crippen LogP contribution in [0, 0.1) is 0 Å². The van der Waals surface area contributed by atoms with Crippen molar-refractivity contribution in [1.29, 1.82) is 0 Å². The molecule has 0 atom stereocenters. The highest BCUT2D eigenvalue weighted by atomic mass is 35.5. The van der Waals surface area contributed by atoms with Crippen LogP contribution in [0.25, 0.3) is 10.9 Å². The van der Waals surface area contributed by atoms with Gasteiger partial charge in [0.15, 0.2) is 0 Å². The molecule has 7 heteroatoms. The highest BCUT2D eigenvalue weighted by Crippen LogP contribution is 2.25. The zero-order valence-electron chi connectivity index (χ0n) is 13.1. The van der Waals surface area contributed by atoms with Crippen LogP contribution >= 0.6 is 23.2 Å². The maximum absolute atomic E-state index is 11.9. The molecule has 25 heavy (non-hydrogen) atoms. The van der Waals surface area contributed by atoms with Crippen molar-refractivity contribution in [3.8, 4) is 5.75 Å². The van der Waals surface area contributed by atoms with Crippen LogP contribution in [0.15, 0.2) is 54.7 Å². The molecule has 2 aromatic carbocycles. The second kappa shape index (κ2) is 8.05. The van der Waals surface area contributed by atoms with E-state index >= 15 is 0 Å². The summed E-state index contributed by atoms with van der Waals surface area (Å²) in [5.74, 6) is 0.682. The molecule has 1 heterocycles. The van der Waals surface area contributed by atoms with Crippen molar-refractivity contribution in [3.05, 3.63) is 64.8 Å². The molecule has 0 spiro atoms. The quantitative estimate of drug-likeness (QED) is 0.632. The third-order valence-corrected chi connectivity index (χ3v) is 3.97. The largest absolute Gasteiger partial charge is 0.489 e. The van der Waals surface area contributed by atoms with Gasteiger partial charge >= 0.3 is 6.03 Å². The molecular formula is C18H15Cl2N3O2.